The first-order valence-corrected chi connectivity index (χ1v) is 9.11. The van der Waals surface area contributed by atoms with E-state index in [1.807, 2.05) is 6.92 Å². The van der Waals surface area contributed by atoms with Crippen molar-refractivity contribution in [2.75, 3.05) is 6.61 Å². The van der Waals surface area contributed by atoms with E-state index in [0.717, 1.165) is 32.1 Å². The van der Waals surface area contributed by atoms with Gasteiger partial charge in [-0.3, -0.25) is 4.79 Å². The Hall–Kier alpha value is -1.05. The van der Waals surface area contributed by atoms with Crippen molar-refractivity contribution in [2.24, 2.45) is 16.7 Å². The quantitative estimate of drug-likeness (QED) is 0.438. The molecule has 0 N–H and O–H groups in total. The predicted molar refractivity (Wildman–Crippen MR) is 98.3 cm³/mol. The zero-order valence-corrected chi connectivity index (χ0v) is 16.3. The smallest absolute Gasteiger partial charge is 0.309 e. The lowest BCUT2D eigenvalue weighted by Gasteiger charge is -2.32. The maximum absolute atomic E-state index is 11.8. The van der Waals surface area contributed by atoms with Crippen molar-refractivity contribution in [3.63, 3.8) is 0 Å². The zero-order chi connectivity index (χ0) is 17.7. The highest BCUT2D eigenvalue weighted by atomic mass is 16.5. The molecule has 1 rings (SSSR count). The second-order valence-electron chi connectivity index (χ2n) is 8.51. The fourth-order valence-corrected chi connectivity index (χ4v) is 3.04. The van der Waals surface area contributed by atoms with Crippen molar-refractivity contribution < 1.29 is 9.53 Å². The summed E-state index contributed by atoms with van der Waals surface area (Å²) < 4.78 is 5.15. The summed E-state index contributed by atoms with van der Waals surface area (Å²) in [6.45, 7) is 16.1. The molecule has 0 saturated heterocycles. The third-order valence-electron chi connectivity index (χ3n) is 5.30. The molecule has 2 nitrogen and oxygen atoms in total. The van der Waals surface area contributed by atoms with Gasteiger partial charge in [0.25, 0.3) is 0 Å². The van der Waals surface area contributed by atoms with Crippen LogP contribution in [0.3, 0.4) is 0 Å². The summed E-state index contributed by atoms with van der Waals surface area (Å²) in [4.78, 5) is 11.8. The Balaban J connectivity index is 2.59. The summed E-state index contributed by atoms with van der Waals surface area (Å²) in [6, 6.07) is 0. The number of hydrogen-bond acceptors (Lipinski definition) is 2. The van der Waals surface area contributed by atoms with E-state index >= 15 is 0 Å². The lowest BCUT2D eigenvalue weighted by molar-refractivity contribution is -0.148. The van der Waals surface area contributed by atoms with Gasteiger partial charge in [0.15, 0.2) is 0 Å². The lowest BCUT2D eigenvalue weighted by atomic mass is 9.73. The summed E-state index contributed by atoms with van der Waals surface area (Å²) in [7, 11) is 0. The highest BCUT2D eigenvalue weighted by molar-refractivity contribution is 5.72. The number of carbonyl (C=O) groups is 1. The van der Waals surface area contributed by atoms with Crippen molar-refractivity contribution >= 4 is 5.97 Å². The van der Waals surface area contributed by atoms with Crippen LogP contribution >= 0.6 is 0 Å². The molecule has 0 aliphatic heterocycles. The average molecular weight is 321 g/mol. The minimum absolute atomic E-state index is 0.0238. The minimum atomic E-state index is -0.0238. The second-order valence-corrected chi connectivity index (χ2v) is 8.51. The monoisotopic (exact) mass is 320 g/mol. The molecule has 0 heterocycles. The fraction of sp³-hybridized carbons (Fsp3) is 0.762. The Morgan fingerprint density at radius 2 is 1.96 bits per heavy atom. The van der Waals surface area contributed by atoms with Crippen molar-refractivity contribution in [2.45, 2.75) is 80.6 Å². The molecule has 1 unspecified atom stereocenters. The van der Waals surface area contributed by atoms with Crippen molar-refractivity contribution in [1.82, 2.24) is 0 Å². The topological polar surface area (TPSA) is 26.3 Å². The Bertz CT molecular complexity index is 461. The number of rotatable bonds is 6. The van der Waals surface area contributed by atoms with Gasteiger partial charge in [-0.15, -0.1) is 0 Å². The highest BCUT2D eigenvalue weighted by Crippen LogP contribution is 2.39. The standard InChI is InChI=1S/C21H36O2/c1-8-23-19(22)17-11-13-18(14-12-17)21(6,7)15-9-10-16(2)20(3,4)5/h10,13,17H,8-9,11-12,14-15H2,1-7H3/b16-10+. The normalized spacial score (nSPS) is 20.2. The number of esters is 1. The number of ether oxygens (including phenoxy) is 1. The molecular weight excluding hydrogens is 284 g/mol. The van der Waals surface area contributed by atoms with Gasteiger partial charge in [0.2, 0.25) is 0 Å². The van der Waals surface area contributed by atoms with E-state index in [1.165, 1.54) is 11.1 Å². The number of hydrogen-bond donors (Lipinski definition) is 0. The first-order chi connectivity index (χ1) is 10.6. The summed E-state index contributed by atoms with van der Waals surface area (Å²) in [6.07, 6.45) is 9.78. The van der Waals surface area contributed by atoms with Crippen LogP contribution in [-0.4, -0.2) is 12.6 Å². The van der Waals surface area contributed by atoms with Crippen molar-refractivity contribution in [3.05, 3.63) is 23.3 Å². The molecule has 1 aliphatic carbocycles. The molecular formula is C21H36O2. The van der Waals surface area contributed by atoms with Gasteiger partial charge < -0.3 is 4.74 Å². The van der Waals surface area contributed by atoms with Crippen LogP contribution in [-0.2, 0) is 9.53 Å². The molecule has 2 heteroatoms. The van der Waals surface area contributed by atoms with Gasteiger partial charge in [-0.25, -0.2) is 0 Å². The van der Waals surface area contributed by atoms with E-state index < -0.39 is 0 Å². The van der Waals surface area contributed by atoms with E-state index in [4.69, 9.17) is 4.74 Å². The highest BCUT2D eigenvalue weighted by Gasteiger charge is 2.29. The Morgan fingerprint density at radius 3 is 2.43 bits per heavy atom. The largest absolute Gasteiger partial charge is 0.466 e. The molecule has 1 atom stereocenters. The first kappa shape index (κ1) is 20.0. The van der Waals surface area contributed by atoms with E-state index in [2.05, 4.69) is 53.7 Å². The Labute approximate surface area is 143 Å². The molecule has 1 aliphatic rings. The van der Waals surface area contributed by atoms with E-state index in [1.54, 1.807) is 0 Å². The molecule has 0 saturated carbocycles. The van der Waals surface area contributed by atoms with Gasteiger partial charge in [0.1, 0.15) is 0 Å². The maximum Gasteiger partial charge on any atom is 0.309 e. The fourth-order valence-electron chi connectivity index (χ4n) is 3.04. The van der Waals surface area contributed by atoms with Crippen molar-refractivity contribution in [3.8, 4) is 0 Å². The molecule has 0 amide bonds. The number of allylic oxidation sites excluding steroid dienone is 4. The van der Waals surface area contributed by atoms with Crippen LogP contribution in [0.2, 0.25) is 0 Å². The molecule has 0 fully saturated rings. The van der Waals surface area contributed by atoms with Gasteiger partial charge in [-0.2, -0.15) is 0 Å². The molecule has 0 spiro atoms. The van der Waals surface area contributed by atoms with E-state index in [-0.39, 0.29) is 22.7 Å². The molecule has 0 aromatic heterocycles. The van der Waals surface area contributed by atoms with Crippen molar-refractivity contribution in [1.29, 1.82) is 0 Å². The average Bonchev–Trinajstić information content (AvgIpc) is 2.46. The van der Waals surface area contributed by atoms with Crippen LogP contribution in [0.1, 0.15) is 80.6 Å². The molecule has 0 aromatic rings. The maximum atomic E-state index is 11.8. The zero-order valence-electron chi connectivity index (χ0n) is 16.3. The van der Waals surface area contributed by atoms with Crippen LogP contribution in [0.15, 0.2) is 23.3 Å². The minimum Gasteiger partial charge on any atom is -0.466 e. The summed E-state index contributed by atoms with van der Waals surface area (Å²) in [5.41, 5.74) is 3.46. The molecule has 132 valence electrons. The van der Waals surface area contributed by atoms with E-state index in [9.17, 15) is 4.79 Å². The van der Waals surface area contributed by atoms with Gasteiger partial charge >= 0.3 is 5.97 Å². The second kappa shape index (κ2) is 8.17. The summed E-state index contributed by atoms with van der Waals surface area (Å²) in [5.74, 6) is 0.0434. The summed E-state index contributed by atoms with van der Waals surface area (Å²) >= 11 is 0. The van der Waals surface area contributed by atoms with Gasteiger partial charge in [0.05, 0.1) is 12.5 Å². The van der Waals surface area contributed by atoms with Gasteiger partial charge in [0, 0.05) is 0 Å². The van der Waals surface area contributed by atoms with Gasteiger partial charge in [-0.1, -0.05) is 57.9 Å². The van der Waals surface area contributed by atoms with Crippen LogP contribution < -0.4 is 0 Å². The summed E-state index contributed by atoms with van der Waals surface area (Å²) in [5, 5.41) is 0. The first-order valence-electron chi connectivity index (χ1n) is 9.11. The molecule has 0 bridgehead atoms. The lowest BCUT2D eigenvalue weighted by Crippen LogP contribution is -2.24. The van der Waals surface area contributed by atoms with E-state index in [0.29, 0.717) is 6.61 Å². The Kier molecular flexibility index (Phi) is 7.10. The van der Waals surface area contributed by atoms with Crippen LogP contribution in [0.25, 0.3) is 0 Å². The van der Waals surface area contributed by atoms with Crippen LogP contribution in [0.5, 0.6) is 0 Å². The molecule has 0 radical (unpaired) electrons. The van der Waals surface area contributed by atoms with Crippen LogP contribution in [0.4, 0.5) is 0 Å². The Morgan fingerprint density at radius 1 is 1.30 bits per heavy atom. The molecule has 0 aromatic carbocycles. The third kappa shape index (κ3) is 6.16. The van der Waals surface area contributed by atoms with Crippen LogP contribution in [0, 0.1) is 16.7 Å². The molecule has 23 heavy (non-hydrogen) atoms. The van der Waals surface area contributed by atoms with Gasteiger partial charge in [-0.05, 0) is 56.8 Å². The SMILES string of the molecule is CCOC(=O)C1CC=C(C(C)(C)CC/C=C(\C)C(C)(C)C)CC1. The third-order valence-corrected chi connectivity index (χ3v) is 5.30. The number of carbonyl (C=O) groups excluding carboxylic acids is 1. The predicted octanol–water partition coefficient (Wildman–Crippen LogP) is 6.07.